The van der Waals surface area contributed by atoms with Crippen molar-refractivity contribution in [3.8, 4) is 0 Å². The third-order valence-corrected chi connectivity index (χ3v) is 6.11. The first-order chi connectivity index (χ1) is 13.8. The van der Waals surface area contributed by atoms with Gasteiger partial charge in [0.2, 0.25) is 0 Å². The first-order valence-electron chi connectivity index (χ1n) is 9.75. The summed E-state index contributed by atoms with van der Waals surface area (Å²) in [5.41, 5.74) is -0.877. The van der Waals surface area contributed by atoms with Crippen LogP contribution >= 0.6 is 0 Å². The summed E-state index contributed by atoms with van der Waals surface area (Å²) in [6, 6.07) is 17.7. The predicted molar refractivity (Wildman–Crippen MR) is 107 cm³/mol. The Balaban J connectivity index is 1.78. The molecule has 2 heterocycles. The molecule has 0 aliphatic carbocycles. The van der Waals surface area contributed by atoms with Gasteiger partial charge in [-0.1, -0.05) is 48.5 Å². The van der Waals surface area contributed by atoms with Crippen LogP contribution in [0.2, 0.25) is 0 Å². The number of carbonyl (C=O) groups is 3. The lowest BCUT2D eigenvalue weighted by atomic mass is 9.71. The number of fused-ring (bicyclic) bond motifs is 1. The van der Waals surface area contributed by atoms with Crippen LogP contribution in [-0.2, 0) is 14.3 Å². The van der Waals surface area contributed by atoms with Crippen molar-refractivity contribution in [2.24, 2.45) is 0 Å². The molecule has 2 aromatic rings. The monoisotopic (exact) mass is 392 g/mol. The fourth-order valence-corrected chi connectivity index (χ4v) is 4.55. The smallest absolute Gasteiger partial charge is 0.330 e. The normalized spacial score (nSPS) is 31.2. The van der Waals surface area contributed by atoms with Crippen LogP contribution in [0.5, 0.6) is 0 Å². The molecule has 2 aliphatic rings. The molecule has 6 nitrogen and oxygen atoms in total. The van der Waals surface area contributed by atoms with E-state index in [1.54, 1.807) is 45.0 Å². The van der Waals surface area contributed by atoms with Crippen LogP contribution in [0.25, 0.3) is 0 Å². The summed E-state index contributed by atoms with van der Waals surface area (Å²) in [5.74, 6) is -1.43. The van der Waals surface area contributed by atoms with E-state index in [0.29, 0.717) is 12.0 Å². The zero-order chi connectivity index (χ0) is 20.8. The molecule has 4 atom stereocenters. The van der Waals surface area contributed by atoms with E-state index in [0.717, 1.165) is 5.56 Å². The molecule has 0 aromatic heterocycles. The summed E-state index contributed by atoms with van der Waals surface area (Å²) in [6.45, 7) is 5.16. The van der Waals surface area contributed by atoms with Gasteiger partial charge in [0.15, 0.2) is 5.72 Å². The van der Waals surface area contributed by atoms with E-state index in [9.17, 15) is 14.4 Å². The minimum atomic E-state index is -1.23. The minimum Gasteiger partial charge on any atom is -0.438 e. The molecule has 2 saturated heterocycles. The molecule has 2 fully saturated rings. The Bertz CT molecular complexity index is 961. The van der Waals surface area contributed by atoms with E-state index in [2.05, 4.69) is 5.32 Å². The van der Waals surface area contributed by atoms with Gasteiger partial charge in [0.05, 0.1) is 0 Å². The maximum atomic E-state index is 13.7. The highest BCUT2D eigenvalue weighted by Gasteiger charge is 2.63. The standard InChI is InChI=1S/C23H24N2O4/c1-15-20(27)29-22(2)14-18(16-10-6-4-7-11-16)23(3,21(28)25(15)22)24-19(26)17-12-8-5-9-13-17/h4-13,15,18H,14H2,1-3H3,(H,24,26)/t15-,18+,22+,23+/m0/s1. The number of benzene rings is 2. The maximum absolute atomic E-state index is 13.7. The Hall–Kier alpha value is -3.15. The van der Waals surface area contributed by atoms with Crippen LogP contribution < -0.4 is 5.32 Å². The Labute approximate surface area is 169 Å². The molecule has 150 valence electrons. The first kappa shape index (κ1) is 19.2. The van der Waals surface area contributed by atoms with E-state index < -0.39 is 23.3 Å². The predicted octanol–water partition coefficient (Wildman–Crippen LogP) is 2.85. The summed E-state index contributed by atoms with van der Waals surface area (Å²) >= 11 is 0. The van der Waals surface area contributed by atoms with Crippen molar-refractivity contribution < 1.29 is 19.1 Å². The Morgan fingerprint density at radius 1 is 1.03 bits per heavy atom. The molecule has 0 spiro atoms. The number of carbonyl (C=O) groups excluding carboxylic acids is 3. The van der Waals surface area contributed by atoms with Gasteiger partial charge < -0.3 is 10.1 Å². The largest absolute Gasteiger partial charge is 0.438 e. The lowest BCUT2D eigenvalue weighted by Crippen LogP contribution is -2.69. The second-order valence-electron chi connectivity index (χ2n) is 8.14. The highest BCUT2D eigenvalue weighted by Crippen LogP contribution is 2.48. The zero-order valence-electron chi connectivity index (χ0n) is 16.7. The van der Waals surface area contributed by atoms with Crippen LogP contribution in [0.1, 0.15) is 49.0 Å². The zero-order valence-corrected chi connectivity index (χ0v) is 16.7. The molecule has 6 heteroatoms. The molecule has 2 aliphatic heterocycles. The molecule has 2 aromatic carbocycles. The van der Waals surface area contributed by atoms with Crippen molar-refractivity contribution >= 4 is 17.8 Å². The Kier molecular flexibility index (Phi) is 4.45. The fourth-order valence-electron chi connectivity index (χ4n) is 4.55. The number of hydrogen-bond acceptors (Lipinski definition) is 4. The van der Waals surface area contributed by atoms with Gasteiger partial charge in [-0.05, 0) is 38.5 Å². The number of hydrogen-bond donors (Lipinski definition) is 1. The third kappa shape index (κ3) is 2.99. The molecular formula is C23H24N2O4. The van der Waals surface area contributed by atoms with Crippen molar-refractivity contribution in [3.05, 3.63) is 71.8 Å². The number of piperidine rings is 1. The number of esters is 1. The third-order valence-electron chi connectivity index (χ3n) is 6.11. The van der Waals surface area contributed by atoms with Gasteiger partial charge in [0.25, 0.3) is 11.8 Å². The highest BCUT2D eigenvalue weighted by molar-refractivity contribution is 6.01. The van der Waals surface area contributed by atoms with Gasteiger partial charge >= 0.3 is 5.97 Å². The summed E-state index contributed by atoms with van der Waals surface area (Å²) in [6.07, 6.45) is 0.393. The minimum absolute atomic E-state index is 0.317. The van der Waals surface area contributed by atoms with Crippen molar-refractivity contribution in [1.82, 2.24) is 10.2 Å². The van der Waals surface area contributed by atoms with Crippen LogP contribution in [0.15, 0.2) is 60.7 Å². The summed E-state index contributed by atoms with van der Waals surface area (Å²) in [4.78, 5) is 40.5. The summed E-state index contributed by atoms with van der Waals surface area (Å²) < 4.78 is 5.62. The van der Waals surface area contributed by atoms with Crippen molar-refractivity contribution in [2.45, 2.75) is 50.4 Å². The van der Waals surface area contributed by atoms with Crippen LogP contribution in [0.4, 0.5) is 0 Å². The number of rotatable bonds is 3. The number of nitrogens with one attached hydrogen (secondary N) is 1. The Morgan fingerprint density at radius 2 is 1.62 bits per heavy atom. The average Bonchev–Trinajstić information content (AvgIpc) is 2.95. The molecule has 0 bridgehead atoms. The van der Waals surface area contributed by atoms with E-state index >= 15 is 0 Å². The highest BCUT2D eigenvalue weighted by atomic mass is 16.6. The van der Waals surface area contributed by atoms with E-state index in [1.165, 1.54) is 4.90 Å². The van der Waals surface area contributed by atoms with Crippen molar-refractivity contribution in [2.75, 3.05) is 0 Å². The summed E-state index contributed by atoms with van der Waals surface area (Å²) in [5, 5.41) is 2.98. The van der Waals surface area contributed by atoms with Gasteiger partial charge in [-0.2, -0.15) is 0 Å². The second-order valence-corrected chi connectivity index (χ2v) is 8.14. The van der Waals surface area contributed by atoms with Crippen LogP contribution in [-0.4, -0.2) is 40.0 Å². The maximum Gasteiger partial charge on any atom is 0.330 e. The molecule has 0 radical (unpaired) electrons. The van der Waals surface area contributed by atoms with E-state index in [4.69, 9.17) is 4.74 Å². The SMILES string of the molecule is C[C@H]1C(=O)O[C@]2(C)C[C@H](c3ccccc3)[C@@](C)(NC(=O)c3ccccc3)C(=O)N12. The van der Waals surface area contributed by atoms with Crippen molar-refractivity contribution in [1.29, 1.82) is 0 Å². The number of amides is 2. The van der Waals surface area contributed by atoms with Crippen molar-refractivity contribution in [3.63, 3.8) is 0 Å². The molecule has 2 amide bonds. The molecule has 0 unspecified atom stereocenters. The molecule has 4 rings (SSSR count). The quantitative estimate of drug-likeness (QED) is 0.815. The molecular weight excluding hydrogens is 368 g/mol. The van der Waals surface area contributed by atoms with Gasteiger partial charge in [-0.25, -0.2) is 4.79 Å². The van der Waals surface area contributed by atoms with Crippen LogP contribution in [0, 0.1) is 0 Å². The van der Waals surface area contributed by atoms with Crippen LogP contribution in [0.3, 0.4) is 0 Å². The van der Waals surface area contributed by atoms with Gasteiger partial charge in [0.1, 0.15) is 11.6 Å². The number of ether oxygens (including phenoxy) is 1. The average molecular weight is 392 g/mol. The topological polar surface area (TPSA) is 75.7 Å². The van der Waals surface area contributed by atoms with Gasteiger partial charge in [-0.3, -0.25) is 14.5 Å². The fraction of sp³-hybridized carbons (Fsp3) is 0.348. The first-order valence-corrected chi connectivity index (χ1v) is 9.75. The lowest BCUT2D eigenvalue weighted by Gasteiger charge is -2.51. The van der Waals surface area contributed by atoms with E-state index in [-0.39, 0.29) is 17.7 Å². The van der Waals surface area contributed by atoms with Gasteiger partial charge in [0, 0.05) is 17.9 Å². The molecule has 1 N–H and O–H groups in total. The lowest BCUT2D eigenvalue weighted by molar-refractivity contribution is -0.173. The van der Waals surface area contributed by atoms with Gasteiger partial charge in [-0.15, -0.1) is 0 Å². The Morgan fingerprint density at radius 3 is 2.24 bits per heavy atom. The second kappa shape index (κ2) is 6.72. The molecule has 29 heavy (non-hydrogen) atoms. The molecule has 0 saturated carbocycles. The van der Waals surface area contributed by atoms with E-state index in [1.807, 2.05) is 36.4 Å². The number of nitrogens with zero attached hydrogens (tertiary/aromatic N) is 1. The summed E-state index contributed by atoms with van der Waals surface area (Å²) in [7, 11) is 0.